The van der Waals surface area contributed by atoms with Gasteiger partial charge >= 0.3 is 6.18 Å². The summed E-state index contributed by atoms with van der Waals surface area (Å²) in [5.74, 6) is -1.04. The third kappa shape index (κ3) is 4.52. The van der Waals surface area contributed by atoms with Crippen molar-refractivity contribution in [2.24, 2.45) is 0 Å². The third-order valence-corrected chi connectivity index (χ3v) is 3.67. The van der Waals surface area contributed by atoms with E-state index in [0.29, 0.717) is 11.3 Å². The number of nitrogens with zero attached hydrogens (tertiary/aromatic N) is 3. The van der Waals surface area contributed by atoms with Crippen LogP contribution >= 0.6 is 0 Å². The number of hydrogen-bond donors (Lipinski definition) is 3. The minimum Gasteiger partial charge on any atom is -0.395 e. The van der Waals surface area contributed by atoms with Crippen LogP contribution < -0.4 is 10.6 Å². The van der Waals surface area contributed by atoms with Gasteiger partial charge in [0.25, 0.3) is 0 Å². The molecule has 0 saturated carbocycles. The van der Waals surface area contributed by atoms with Crippen molar-refractivity contribution < 1.29 is 22.7 Å². The van der Waals surface area contributed by atoms with E-state index in [1.807, 2.05) is 0 Å². The van der Waals surface area contributed by atoms with Crippen LogP contribution in [0.25, 0.3) is 11.3 Å². The van der Waals surface area contributed by atoms with Crippen molar-refractivity contribution in [3.63, 3.8) is 0 Å². The molecule has 3 N–H and O–H groups in total. The van der Waals surface area contributed by atoms with E-state index < -0.39 is 23.2 Å². The molecule has 0 spiro atoms. The van der Waals surface area contributed by atoms with Crippen LogP contribution in [0.3, 0.4) is 0 Å². The average Bonchev–Trinajstić information content (AvgIpc) is 2.67. The number of halogens is 4. The van der Waals surface area contributed by atoms with Crippen LogP contribution in [0.1, 0.15) is 5.56 Å². The number of para-hydroxylation sites is 1. The van der Waals surface area contributed by atoms with Gasteiger partial charge in [-0.2, -0.15) is 18.2 Å². The molecule has 0 amide bonds. The molecule has 146 valence electrons. The second-order valence-electron chi connectivity index (χ2n) is 5.63. The zero-order chi connectivity index (χ0) is 20.1. The van der Waals surface area contributed by atoms with Crippen LogP contribution in [0, 0.1) is 5.82 Å². The summed E-state index contributed by atoms with van der Waals surface area (Å²) in [4.78, 5) is 12.2. The molecule has 2 heterocycles. The molecule has 2 aromatic heterocycles. The van der Waals surface area contributed by atoms with Crippen LogP contribution in [-0.2, 0) is 6.18 Å². The van der Waals surface area contributed by atoms with Gasteiger partial charge in [-0.1, -0.05) is 6.07 Å². The summed E-state index contributed by atoms with van der Waals surface area (Å²) in [5.41, 5.74) is -0.869. The second kappa shape index (κ2) is 8.17. The summed E-state index contributed by atoms with van der Waals surface area (Å²) in [6.07, 6.45) is -1.68. The highest BCUT2D eigenvalue weighted by atomic mass is 19.4. The number of alkyl halides is 3. The number of benzene rings is 1. The molecule has 0 bridgehead atoms. The molecule has 28 heavy (non-hydrogen) atoms. The van der Waals surface area contributed by atoms with Crippen molar-refractivity contribution in [1.29, 1.82) is 0 Å². The molecule has 1 aromatic carbocycles. The van der Waals surface area contributed by atoms with Crippen LogP contribution in [0.15, 0.2) is 48.8 Å². The van der Waals surface area contributed by atoms with Crippen molar-refractivity contribution in [3.8, 4) is 11.3 Å². The summed E-state index contributed by atoms with van der Waals surface area (Å²) >= 11 is 0. The minimum absolute atomic E-state index is 0.0437. The van der Waals surface area contributed by atoms with Crippen LogP contribution in [-0.4, -0.2) is 33.2 Å². The van der Waals surface area contributed by atoms with E-state index in [0.717, 1.165) is 18.2 Å². The fourth-order valence-corrected chi connectivity index (χ4v) is 2.44. The van der Waals surface area contributed by atoms with E-state index in [1.165, 1.54) is 18.5 Å². The standard InChI is InChI=1S/C18H15F4N5O/c19-13-3-1-2-12(18(20,21)22)16(13)26-15-10-14(11-4-6-23-7-5-11)25-17(27-15)24-8-9-28/h1-7,10,28H,8-9H2,(H2,24,25,26,27). The number of pyridine rings is 1. The molecule has 0 saturated heterocycles. The number of aliphatic hydroxyl groups excluding tert-OH is 1. The first-order valence-electron chi connectivity index (χ1n) is 8.15. The van der Waals surface area contributed by atoms with Crippen LogP contribution in [0.4, 0.5) is 35.0 Å². The van der Waals surface area contributed by atoms with Gasteiger partial charge < -0.3 is 15.7 Å². The van der Waals surface area contributed by atoms with Crippen molar-refractivity contribution in [1.82, 2.24) is 15.0 Å². The molecule has 0 aliphatic carbocycles. The molecule has 0 radical (unpaired) electrons. The number of hydrogen-bond acceptors (Lipinski definition) is 6. The molecule has 6 nitrogen and oxygen atoms in total. The Morgan fingerprint density at radius 3 is 2.46 bits per heavy atom. The third-order valence-electron chi connectivity index (χ3n) is 3.67. The van der Waals surface area contributed by atoms with E-state index in [9.17, 15) is 17.6 Å². The van der Waals surface area contributed by atoms with Gasteiger partial charge in [0.15, 0.2) is 0 Å². The molecule has 10 heteroatoms. The molecule has 3 aromatic rings. The number of aromatic nitrogens is 3. The molecule has 0 aliphatic rings. The molecule has 0 aliphatic heterocycles. The average molecular weight is 393 g/mol. The highest BCUT2D eigenvalue weighted by Gasteiger charge is 2.35. The number of nitrogens with one attached hydrogen (secondary N) is 2. The molecule has 3 rings (SSSR count). The number of aliphatic hydroxyl groups is 1. The van der Waals surface area contributed by atoms with E-state index in [1.54, 1.807) is 12.1 Å². The normalized spacial score (nSPS) is 11.3. The lowest BCUT2D eigenvalue weighted by molar-refractivity contribution is -0.137. The molecule has 0 atom stereocenters. The molecule has 0 fully saturated rings. The first-order valence-corrected chi connectivity index (χ1v) is 8.15. The maximum absolute atomic E-state index is 14.1. The quantitative estimate of drug-likeness (QED) is 0.552. The van der Waals surface area contributed by atoms with Gasteiger partial charge in [0.05, 0.1) is 23.6 Å². The number of rotatable bonds is 6. The fraction of sp³-hybridized carbons (Fsp3) is 0.167. The lowest BCUT2D eigenvalue weighted by Crippen LogP contribution is -2.13. The minimum atomic E-state index is -4.75. The Labute approximate surface area is 157 Å². The smallest absolute Gasteiger partial charge is 0.395 e. The lowest BCUT2D eigenvalue weighted by atomic mass is 10.1. The second-order valence-corrected chi connectivity index (χ2v) is 5.63. The van der Waals surface area contributed by atoms with Crippen molar-refractivity contribution in [2.45, 2.75) is 6.18 Å². The topological polar surface area (TPSA) is 83.0 Å². The highest BCUT2D eigenvalue weighted by Crippen LogP contribution is 2.37. The van der Waals surface area contributed by atoms with Gasteiger partial charge in [-0.05, 0) is 24.3 Å². The van der Waals surface area contributed by atoms with Crippen molar-refractivity contribution in [3.05, 3.63) is 60.2 Å². The van der Waals surface area contributed by atoms with Gasteiger partial charge in [-0.25, -0.2) is 9.37 Å². The zero-order valence-electron chi connectivity index (χ0n) is 14.3. The Balaban J connectivity index is 2.05. The summed E-state index contributed by atoms with van der Waals surface area (Å²) in [7, 11) is 0. The fourth-order valence-electron chi connectivity index (χ4n) is 2.44. The highest BCUT2D eigenvalue weighted by molar-refractivity contribution is 5.69. The Morgan fingerprint density at radius 1 is 1.04 bits per heavy atom. The van der Waals surface area contributed by atoms with Crippen molar-refractivity contribution >= 4 is 17.5 Å². The lowest BCUT2D eigenvalue weighted by Gasteiger charge is -2.16. The molecule has 0 unspecified atom stereocenters. The van der Waals surface area contributed by atoms with Gasteiger partial charge in [-0.15, -0.1) is 0 Å². The maximum atomic E-state index is 14.1. The molecular formula is C18H15F4N5O. The van der Waals surface area contributed by atoms with Gasteiger partial charge in [0.2, 0.25) is 5.95 Å². The summed E-state index contributed by atoms with van der Waals surface area (Å²) in [5, 5.41) is 14.1. The van der Waals surface area contributed by atoms with E-state index in [4.69, 9.17) is 5.11 Å². The SMILES string of the molecule is OCCNc1nc(Nc2c(F)cccc2C(F)(F)F)cc(-c2ccncc2)n1. The van der Waals surface area contributed by atoms with E-state index in [-0.39, 0.29) is 24.9 Å². The Hall–Kier alpha value is -3.27. The predicted octanol–water partition coefficient (Wildman–Crippen LogP) is 3.84. The largest absolute Gasteiger partial charge is 0.418 e. The summed E-state index contributed by atoms with van der Waals surface area (Å²) < 4.78 is 53.8. The van der Waals surface area contributed by atoms with Gasteiger partial charge in [0.1, 0.15) is 11.6 Å². The summed E-state index contributed by atoms with van der Waals surface area (Å²) in [6.45, 7) is -0.0656. The first kappa shape index (κ1) is 19.5. The van der Waals surface area contributed by atoms with E-state index >= 15 is 0 Å². The maximum Gasteiger partial charge on any atom is 0.418 e. The Kier molecular flexibility index (Phi) is 5.69. The first-order chi connectivity index (χ1) is 13.4. The predicted molar refractivity (Wildman–Crippen MR) is 95.5 cm³/mol. The van der Waals surface area contributed by atoms with Crippen LogP contribution in [0.5, 0.6) is 0 Å². The van der Waals surface area contributed by atoms with Crippen molar-refractivity contribution in [2.75, 3.05) is 23.8 Å². The van der Waals surface area contributed by atoms with E-state index in [2.05, 4.69) is 25.6 Å². The summed E-state index contributed by atoms with van der Waals surface area (Å²) in [6, 6.07) is 7.40. The monoisotopic (exact) mass is 393 g/mol. The molecular weight excluding hydrogens is 378 g/mol. The van der Waals surface area contributed by atoms with Crippen LogP contribution in [0.2, 0.25) is 0 Å². The van der Waals surface area contributed by atoms with Gasteiger partial charge in [0, 0.05) is 30.6 Å². The number of anilines is 3. The van der Waals surface area contributed by atoms with Gasteiger partial charge in [-0.3, -0.25) is 4.98 Å². The Bertz CT molecular complexity index is 950. The Morgan fingerprint density at radius 2 is 1.79 bits per heavy atom. The zero-order valence-corrected chi connectivity index (χ0v) is 14.3.